The lowest BCUT2D eigenvalue weighted by molar-refractivity contribution is -0.884. The van der Waals surface area contributed by atoms with Crippen LogP contribution < -0.4 is 0 Å². The van der Waals surface area contributed by atoms with Crippen LogP contribution in [-0.4, -0.2) is 61.8 Å². The highest BCUT2D eigenvalue weighted by Gasteiger charge is 2.37. The van der Waals surface area contributed by atoms with Gasteiger partial charge in [-0.15, -0.1) is 0 Å². The number of quaternary nitrogens is 1. The zero-order chi connectivity index (χ0) is 12.7. The van der Waals surface area contributed by atoms with Crippen LogP contribution >= 0.6 is 0 Å². The molecule has 0 unspecified atom stereocenters. The molecule has 0 N–H and O–H groups in total. The standard InChI is InChI=1S/C11H26NO3Si/c1-7-9-12(2,3)10-8-11-16(13-4,14-5)15-6/h7H,1,8-11H2,2-6H3/q+1. The third-order valence-corrected chi connectivity index (χ3v) is 5.63. The molecule has 0 aromatic carbocycles. The number of rotatable bonds is 9. The fourth-order valence-corrected chi connectivity index (χ4v) is 3.42. The second-order valence-corrected chi connectivity index (χ2v) is 7.62. The SMILES string of the molecule is C=CC[N+](C)(C)CCC[Si](OC)(OC)OC. The third kappa shape index (κ3) is 5.22. The lowest BCUT2D eigenvalue weighted by Gasteiger charge is -2.30. The van der Waals surface area contributed by atoms with Gasteiger partial charge in [-0.1, -0.05) is 6.58 Å². The molecule has 0 rings (SSSR count). The predicted molar refractivity (Wildman–Crippen MR) is 68.2 cm³/mol. The van der Waals surface area contributed by atoms with Gasteiger partial charge in [0.1, 0.15) is 0 Å². The van der Waals surface area contributed by atoms with Crippen molar-refractivity contribution in [3.05, 3.63) is 12.7 Å². The summed E-state index contributed by atoms with van der Waals surface area (Å²) in [4.78, 5) is 0. The number of hydrogen-bond donors (Lipinski definition) is 0. The number of likely N-dealkylation sites (N-methyl/N-ethyl adjacent to an activating group) is 1. The first kappa shape index (κ1) is 15.8. The Balaban J connectivity index is 4.08. The van der Waals surface area contributed by atoms with Gasteiger partial charge in [0.05, 0.1) is 27.2 Å². The summed E-state index contributed by atoms with van der Waals surface area (Å²) < 4.78 is 17.1. The van der Waals surface area contributed by atoms with E-state index in [1.807, 2.05) is 6.08 Å². The van der Waals surface area contributed by atoms with Crippen LogP contribution in [0.1, 0.15) is 6.42 Å². The average Bonchev–Trinajstić information content (AvgIpc) is 2.25. The molecule has 0 radical (unpaired) electrons. The van der Waals surface area contributed by atoms with Crippen molar-refractivity contribution in [2.24, 2.45) is 0 Å². The predicted octanol–water partition coefficient (Wildman–Crippen LogP) is 1.52. The van der Waals surface area contributed by atoms with E-state index in [1.54, 1.807) is 21.3 Å². The van der Waals surface area contributed by atoms with Crippen LogP contribution in [0.25, 0.3) is 0 Å². The van der Waals surface area contributed by atoms with Crippen LogP contribution in [0, 0.1) is 0 Å². The van der Waals surface area contributed by atoms with Crippen molar-refractivity contribution in [3.8, 4) is 0 Å². The Morgan fingerprint density at radius 1 is 1.12 bits per heavy atom. The van der Waals surface area contributed by atoms with Crippen LogP contribution in [0.5, 0.6) is 0 Å². The highest BCUT2D eigenvalue weighted by Crippen LogP contribution is 2.16. The average molecular weight is 248 g/mol. The van der Waals surface area contributed by atoms with Gasteiger partial charge in [0, 0.05) is 33.8 Å². The van der Waals surface area contributed by atoms with E-state index in [-0.39, 0.29) is 0 Å². The minimum Gasteiger partial charge on any atom is -0.377 e. The number of nitrogens with zero attached hydrogens (tertiary/aromatic N) is 1. The van der Waals surface area contributed by atoms with Gasteiger partial charge in [-0.3, -0.25) is 0 Å². The summed E-state index contributed by atoms with van der Waals surface area (Å²) in [6.45, 7) is 5.81. The van der Waals surface area contributed by atoms with Crippen molar-refractivity contribution < 1.29 is 17.8 Å². The summed E-state index contributed by atoms with van der Waals surface area (Å²) in [5, 5.41) is 0. The molecule has 0 aliphatic rings. The van der Waals surface area contributed by atoms with Crippen molar-refractivity contribution in [2.75, 3.05) is 48.5 Å². The molecule has 0 aromatic rings. The van der Waals surface area contributed by atoms with E-state index in [0.717, 1.165) is 30.0 Å². The van der Waals surface area contributed by atoms with E-state index >= 15 is 0 Å². The van der Waals surface area contributed by atoms with Gasteiger partial charge in [-0.2, -0.15) is 0 Å². The van der Waals surface area contributed by atoms with Crippen LogP contribution in [-0.2, 0) is 13.3 Å². The quantitative estimate of drug-likeness (QED) is 0.352. The monoisotopic (exact) mass is 248 g/mol. The molecule has 5 heteroatoms. The molecule has 0 atom stereocenters. The van der Waals surface area contributed by atoms with Gasteiger partial charge in [-0.05, 0) is 6.08 Å². The molecule has 0 fully saturated rings. The highest BCUT2D eigenvalue weighted by atomic mass is 28.4. The minimum absolute atomic E-state index is 0.856. The molecular weight excluding hydrogens is 222 g/mol. The molecule has 0 heterocycles. The van der Waals surface area contributed by atoms with E-state index in [9.17, 15) is 0 Å². The molecular formula is C11H26NO3Si+. The first-order valence-electron chi connectivity index (χ1n) is 5.53. The maximum absolute atomic E-state index is 5.38. The van der Waals surface area contributed by atoms with Gasteiger partial charge in [0.2, 0.25) is 0 Å². The Labute approximate surface area is 101 Å². The Bertz CT molecular complexity index is 197. The van der Waals surface area contributed by atoms with E-state index in [2.05, 4.69) is 20.7 Å². The molecule has 16 heavy (non-hydrogen) atoms. The molecule has 0 bridgehead atoms. The van der Waals surface area contributed by atoms with Gasteiger partial charge in [0.15, 0.2) is 0 Å². The Morgan fingerprint density at radius 2 is 1.62 bits per heavy atom. The maximum atomic E-state index is 5.38. The van der Waals surface area contributed by atoms with Crippen molar-refractivity contribution in [1.29, 1.82) is 0 Å². The van der Waals surface area contributed by atoms with E-state index < -0.39 is 8.80 Å². The first-order valence-corrected chi connectivity index (χ1v) is 7.47. The molecule has 0 amide bonds. The lowest BCUT2D eigenvalue weighted by Crippen LogP contribution is -2.45. The van der Waals surface area contributed by atoms with Crippen LogP contribution in [0.2, 0.25) is 6.04 Å². The molecule has 0 saturated carbocycles. The molecule has 0 aliphatic carbocycles. The van der Waals surface area contributed by atoms with Gasteiger partial charge in [-0.25, -0.2) is 0 Å². The zero-order valence-corrected chi connectivity index (χ0v) is 12.3. The van der Waals surface area contributed by atoms with E-state index in [0.29, 0.717) is 0 Å². The second-order valence-electron chi connectivity index (χ2n) is 4.53. The maximum Gasteiger partial charge on any atom is 0.500 e. The summed E-state index contributed by atoms with van der Waals surface area (Å²) >= 11 is 0. The molecule has 96 valence electrons. The Kier molecular flexibility index (Phi) is 7.10. The fraction of sp³-hybridized carbons (Fsp3) is 0.818. The van der Waals surface area contributed by atoms with Crippen molar-refractivity contribution in [2.45, 2.75) is 12.5 Å². The third-order valence-electron chi connectivity index (χ3n) is 2.80. The molecule has 0 saturated heterocycles. The Morgan fingerprint density at radius 3 is 2.00 bits per heavy atom. The summed E-state index contributed by atoms with van der Waals surface area (Å²) in [5.41, 5.74) is 0. The molecule has 0 spiro atoms. The van der Waals surface area contributed by atoms with Crippen LogP contribution in [0.15, 0.2) is 12.7 Å². The van der Waals surface area contributed by atoms with E-state index in [4.69, 9.17) is 13.3 Å². The van der Waals surface area contributed by atoms with Gasteiger partial charge < -0.3 is 17.8 Å². The van der Waals surface area contributed by atoms with Crippen LogP contribution in [0.3, 0.4) is 0 Å². The van der Waals surface area contributed by atoms with Gasteiger partial charge >= 0.3 is 8.80 Å². The first-order chi connectivity index (χ1) is 7.45. The second kappa shape index (κ2) is 7.19. The van der Waals surface area contributed by atoms with Crippen molar-refractivity contribution in [3.63, 3.8) is 0 Å². The summed E-state index contributed by atoms with van der Waals surface area (Å²) in [5.74, 6) is 0. The normalized spacial score (nSPS) is 12.8. The fourth-order valence-electron chi connectivity index (χ4n) is 1.72. The lowest BCUT2D eigenvalue weighted by atomic mass is 10.3. The summed E-state index contributed by atoms with van der Waals surface area (Å²) in [7, 11) is 6.97. The molecule has 0 aliphatic heterocycles. The highest BCUT2D eigenvalue weighted by molar-refractivity contribution is 6.60. The van der Waals surface area contributed by atoms with Crippen molar-refractivity contribution in [1.82, 2.24) is 0 Å². The molecule has 0 aromatic heterocycles. The largest absolute Gasteiger partial charge is 0.500 e. The Hall–Kier alpha value is -0.203. The van der Waals surface area contributed by atoms with Gasteiger partial charge in [0.25, 0.3) is 0 Å². The topological polar surface area (TPSA) is 27.7 Å². The van der Waals surface area contributed by atoms with E-state index in [1.165, 1.54) is 0 Å². The summed E-state index contributed by atoms with van der Waals surface area (Å²) in [6, 6.07) is 0.856. The molecule has 4 nitrogen and oxygen atoms in total. The summed E-state index contributed by atoms with van der Waals surface area (Å²) in [6.07, 6.45) is 2.98. The zero-order valence-electron chi connectivity index (χ0n) is 11.3. The smallest absolute Gasteiger partial charge is 0.377 e. The van der Waals surface area contributed by atoms with Crippen LogP contribution in [0.4, 0.5) is 0 Å². The minimum atomic E-state index is -2.38. The van der Waals surface area contributed by atoms with Crippen molar-refractivity contribution >= 4 is 8.80 Å². The number of hydrogen-bond acceptors (Lipinski definition) is 3.